The Morgan fingerprint density at radius 1 is 0.884 bits per heavy atom. The first-order valence-corrected chi connectivity index (χ1v) is 14.6. The Morgan fingerprint density at radius 2 is 1.58 bits per heavy atom. The van der Waals surface area contributed by atoms with E-state index in [1.54, 1.807) is 36.4 Å². The van der Waals surface area contributed by atoms with Crippen LogP contribution in [-0.2, 0) is 25.7 Å². The predicted molar refractivity (Wildman–Crippen MR) is 158 cm³/mol. The van der Waals surface area contributed by atoms with Crippen molar-refractivity contribution >= 4 is 29.3 Å². The average Bonchev–Trinajstić information content (AvgIpc) is 3.37. The Kier molecular flexibility index (Phi) is 6.27. The highest BCUT2D eigenvalue weighted by atomic mass is 16.5. The van der Waals surface area contributed by atoms with E-state index >= 15 is 0 Å². The van der Waals surface area contributed by atoms with Gasteiger partial charge in [0.2, 0.25) is 23.6 Å². The number of para-hydroxylation sites is 1. The quantitative estimate of drug-likeness (QED) is 0.345. The van der Waals surface area contributed by atoms with Gasteiger partial charge in [0, 0.05) is 5.92 Å². The van der Waals surface area contributed by atoms with Crippen LogP contribution in [0.1, 0.15) is 36.8 Å². The number of phenols is 1. The maximum absolute atomic E-state index is 14.4. The maximum atomic E-state index is 14.4. The Labute approximate surface area is 249 Å². The number of carbonyl (C=O) groups is 4. The number of rotatable bonds is 5. The number of carbonyl (C=O) groups excluding carboxylic acids is 4. The van der Waals surface area contributed by atoms with Gasteiger partial charge in [-0.15, -0.1) is 0 Å². The summed E-state index contributed by atoms with van der Waals surface area (Å²) in [5.74, 6) is -3.68. The third-order valence-corrected chi connectivity index (χ3v) is 10.1. The smallest absolute Gasteiger partial charge is 0.241 e. The third-order valence-electron chi connectivity index (χ3n) is 10.1. The molecule has 2 aliphatic heterocycles. The number of likely N-dealkylation sites (tertiary alicyclic amines) is 1. The van der Waals surface area contributed by atoms with Crippen molar-refractivity contribution in [3.63, 3.8) is 0 Å². The molecule has 0 unspecified atom stereocenters. The largest absolute Gasteiger partial charge is 0.504 e. The van der Waals surface area contributed by atoms with Gasteiger partial charge < -0.3 is 9.84 Å². The van der Waals surface area contributed by atoms with Crippen LogP contribution in [0.25, 0.3) is 0 Å². The molecular formula is C35H32N2O6. The second-order valence-corrected chi connectivity index (χ2v) is 12.2. The number of hydrogen-bond donors (Lipinski definition) is 1. The normalized spacial score (nSPS) is 29.7. The fraction of sp³-hybridized carbons (Fsp3) is 0.314. The van der Waals surface area contributed by atoms with E-state index in [-0.39, 0.29) is 42.3 Å². The van der Waals surface area contributed by atoms with Crippen LogP contribution in [0, 0.1) is 29.1 Å². The van der Waals surface area contributed by atoms with Crippen LogP contribution in [0.2, 0.25) is 0 Å². The summed E-state index contributed by atoms with van der Waals surface area (Å²) in [7, 11) is 1.47. The van der Waals surface area contributed by atoms with E-state index < -0.39 is 35.0 Å². The summed E-state index contributed by atoms with van der Waals surface area (Å²) in [6.45, 7) is 2.03. The van der Waals surface area contributed by atoms with Crippen molar-refractivity contribution < 1.29 is 29.0 Å². The zero-order chi connectivity index (χ0) is 30.0. The molecule has 6 atom stereocenters. The predicted octanol–water partition coefficient (Wildman–Crippen LogP) is 4.83. The number of allylic oxidation sites excluding steroid dienone is 2. The summed E-state index contributed by atoms with van der Waals surface area (Å²) in [6, 6.07) is 23.4. The van der Waals surface area contributed by atoms with Crippen LogP contribution in [0.15, 0.2) is 90.5 Å². The second kappa shape index (κ2) is 9.93. The number of fused-ring (bicyclic) bond motifs is 4. The van der Waals surface area contributed by atoms with Gasteiger partial charge in [-0.05, 0) is 61.1 Å². The van der Waals surface area contributed by atoms with Gasteiger partial charge in [-0.1, -0.05) is 66.2 Å². The number of hydrogen-bond acceptors (Lipinski definition) is 6. The van der Waals surface area contributed by atoms with E-state index in [0.717, 1.165) is 11.1 Å². The topological polar surface area (TPSA) is 104 Å². The van der Waals surface area contributed by atoms with Crippen molar-refractivity contribution in [2.75, 3.05) is 12.0 Å². The minimum Gasteiger partial charge on any atom is -0.504 e. The van der Waals surface area contributed by atoms with Crippen molar-refractivity contribution in [1.82, 2.24) is 4.90 Å². The molecule has 2 saturated heterocycles. The summed E-state index contributed by atoms with van der Waals surface area (Å²) >= 11 is 0. The van der Waals surface area contributed by atoms with Gasteiger partial charge in [0.1, 0.15) is 0 Å². The molecule has 3 aromatic rings. The molecule has 0 bridgehead atoms. The number of ether oxygens (including phenoxy) is 1. The number of amides is 4. The molecule has 0 radical (unpaired) electrons. The van der Waals surface area contributed by atoms with Crippen molar-refractivity contribution in [2.45, 2.75) is 32.2 Å². The number of nitrogens with zero attached hydrogens (tertiary/aromatic N) is 2. The fourth-order valence-electron chi connectivity index (χ4n) is 8.09. The average molecular weight is 577 g/mol. The highest BCUT2D eigenvalue weighted by molar-refractivity contribution is 6.24. The van der Waals surface area contributed by atoms with Crippen LogP contribution in [0.3, 0.4) is 0 Å². The molecular weight excluding hydrogens is 544 g/mol. The lowest BCUT2D eigenvalue weighted by atomic mass is 9.51. The summed E-state index contributed by atoms with van der Waals surface area (Å²) in [5.41, 5.74) is 1.74. The first kappa shape index (κ1) is 27.1. The van der Waals surface area contributed by atoms with Crippen LogP contribution in [-0.4, -0.2) is 40.7 Å². The Bertz CT molecular complexity index is 1680. The maximum Gasteiger partial charge on any atom is 0.241 e. The molecule has 3 aromatic carbocycles. The second-order valence-electron chi connectivity index (χ2n) is 12.2. The minimum atomic E-state index is -1.17. The standard InChI is InChI=1S/C35H32N2O6/c1-35-26(32(40)37(34(35)42)22-11-7-4-8-12-22)18-25-23(30(35)21-13-16-28(43-2)27(38)17-21)14-15-24-29(25)33(41)36(31(24)39)19-20-9-5-3-6-10-20/h3-14,16-17,24-26,29-30,38H,15,18-19H2,1-2H3/t24-,25+,26-,29-,30-,35+/m0/s1. The molecule has 218 valence electrons. The molecule has 4 amide bonds. The van der Waals surface area contributed by atoms with Gasteiger partial charge in [-0.2, -0.15) is 0 Å². The van der Waals surface area contributed by atoms with E-state index in [4.69, 9.17) is 4.74 Å². The number of methoxy groups -OCH3 is 1. The van der Waals surface area contributed by atoms with Crippen molar-refractivity contribution in [2.24, 2.45) is 29.1 Å². The van der Waals surface area contributed by atoms with E-state index in [9.17, 15) is 24.3 Å². The van der Waals surface area contributed by atoms with Crippen molar-refractivity contribution in [3.8, 4) is 11.5 Å². The van der Waals surface area contributed by atoms with Gasteiger partial charge >= 0.3 is 0 Å². The fourth-order valence-corrected chi connectivity index (χ4v) is 8.09. The van der Waals surface area contributed by atoms with Crippen molar-refractivity contribution in [1.29, 1.82) is 0 Å². The summed E-state index contributed by atoms with van der Waals surface area (Å²) < 4.78 is 5.28. The monoisotopic (exact) mass is 576 g/mol. The van der Waals surface area contributed by atoms with Gasteiger partial charge in [-0.25, -0.2) is 4.90 Å². The minimum absolute atomic E-state index is 0.0746. The summed E-state index contributed by atoms with van der Waals surface area (Å²) in [5, 5.41) is 10.8. The highest BCUT2D eigenvalue weighted by Crippen LogP contribution is 2.63. The number of anilines is 1. The number of aromatic hydroxyl groups is 1. The van der Waals surface area contributed by atoms with E-state index in [2.05, 4.69) is 0 Å². The highest BCUT2D eigenvalue weighted by Gasteiger charge is 2.67. The molecule has 7 rings (SSSR count). The molecule has 0 spiro atoms. The van der Waals surface area contributed by atoms with E-state index in [1.807, 2.05) is 55.5 Å². The molecule has 2 aliphatic carbocycles. The molecule has 43 heavy (non-hydrogen) atoms. The molecule has 1 saturated carbocycles. The molecule has 1 N–H and O–H groups in total. The number of imide groups is 2. The summed E-state index contributed by atoms with van der Waals surface area (Å²) in [4.78, 5) is 58.9. The van der Waals surface area contributed by atoms with Gasteiger partial charge in [0.25, 0.3) is 0 Å². The summed E-state index contributed by atoms with van der Waals surface area (Å²) in [6.07, 6.45) is 2.67. The van der Waals surface area contributed by atoms with Gasteiger partial charge in [0.15, 0.2) is 11.5 Å². The zero-order valence-electron chi connectivity index (χ0n) is 24.0. The van der Waals surface area contributed by atoms with Crippen molar-refractivity contribution in [3.05, 3.63) is 102 Å². The number of phenolic OH excluding ortho intramolecular Hbond substituents is 1. The lowest BCUT2D eigenvalue weighted by Crippen LogP contribution is -2.48. The lowest BCUT2D eigenvalue weighted by Gasteiger charge is -2.49. The molecule has 8 nitrogen and oxygen atoms in total. The molecule has 3 fully saturated rings. The number of benzene rings is 3. The molecule has 2 heterocycles. The van der Waals surface area contributed by atoms with Gasteiger partial charge in [-0.3, -0.25) is 24.1 Å². The van der Waals surface area contributed by atoms with Crippen LogP contribution in [0.4, 0.5) is 5.69 Å². The first-order chi connectivity index (χ1) is 20.8. The molecule has 4 aliphatic rings. The zero-order valence-corrected chi connectivity index (χ0v) is 24.0. The first-order valence-electron chi connectivity index (χ1n) is 14.6. The Balaban J connectivity index is 1.34. The molecule has 8 heteroatoms. The Hall–Kier alpha value is -4.72. The van der Waals surface area contributed by atoms with Crippen LogP contribution >= 0.6 is 0 Å². The van der Waals surface area contributed by atoms with E-state index in [0.29, 0.717) is 23.4 Å². The van der Waals surface area contributed by atoms with Gasteiger partial charge in [0.05, 0.1) is 42.5 Å². The lowest BCUT2D eigenvalue weighted by molar-refractivity contribution is -0.141. The van der Waals surface area contributed by atoms with Crippen LogP contribution < -0.4 is 9.64 Å². The SMILES string of the molecule is COc1ccc([C@H]2C3=CC[C@@H]4C(=O)N(Cc5ccccc5)C(=O)[C@@H]4[C@@H]3C[C@H]3C(=O)N(c4ccccc4)C(=O)[C@@]23C)cc1O. The molecule has 0 aromatic heterocycles. The Morgan fingerprint density at radius 3 is 2.26 bits per heavy atom. The van der Waals surface area contributed by atoms with Crippen LogP contribution in [0.5, 0.6) is 11.5 Å². The van der Waals surface area contributed by atoms with E-state index in [1.165, 1.54) is 16.9 Å². The third kappa shape index (κ3) is 3.89.